The highest BCUT2D eigenvalue weighted by Gasteiger charge is 2.76. The second kappa shape index (κ2) is 2.76. The first-order valence-corrected chi connectivity index (χ1v) is 6.72. The van der Waals surface area contributed by atoms with Crippen molar-refractivity contribution >= 4 is 0 Å². The molecule has 1 fully saturated rings. The molecule has 0 amide bonds. The molecule has 4 rings (SSSR count). The Labute approximate surface area is 108 Å². The first kappa shape index (κ1) is 10.5. The second-order valence-corrected chi connectivity index (χ2v) is 6.54. The minimum atomic E-state index is -0.150. The van der Waals surface area contributed by atoms with Crippen molar-refractivity contribution in [3.63, 3.8) is 0 Å². The van der Waals surface area contributed by atoms with Crippen LogP contribution in [0.1, 0.15) is 26.3 Å². The molecule has 0 spiro atoms. The molecule has 18 heavy (non-hydrogen) atoms. The quantitative estimate of drug-likeness (QED) is 0.662. The molecule has 0 N–H and O–H groups in total. The van der Waals surface area contributed by atoms with E-state index in [0.717, 1.165) is 0 Å². The van der Waals surface area contributed by atoms with Gasteiger partial charge >= 0.3 is 0 Å². The average Bonchev–Trinajstić information content (AvgIpc) is 2.55. The van der Waals surface area contributed by atoms with E-state index in [1.807, 2.05) is 0 Å². The average molecular weight is 238 g/mol. The summed E-state index contributed by atoms with van der Waals surface area (Å²) in [5, 5.41) is 9.48. The van der Waals surface area contributed by atoms with Crippen LogP contribution in [0.5, 0.6) is 0 Å². The topological polar surface area (TPSA) is 24.7 Å². The van der Waals surface area contributed by atoms with Gasteiger partial charge in [0.15, 0.2) is 0 Å². The molecule has 2 aliphatic carbocycles. The number of hydrogen-bond donors (Lipinski definition) is 0. The van der Waals surface area contributed by atoms with Gasteiger partial charge in [-0.1, -0.05) is 56.3 Å². The molecule has 1 saturated carbocycles. The maximum absolute atomic E-state index is 4.79. The van der Waals surface area contributed by atoms with Crippen LogP contribution in [0.4, 0.5) is 0 Å². The summed E-state index contributed by atoms with van der Waals surface area (Å²) in [7, 11) is 0. The molecule has 4 atom stereocenters. The number of nitrogens with zero attached hydrogens (tertiary/aromatic N) is 2. The minimum Gasteiger partial charge on any atom is -0.185 e. The summed E-state index contributed by atoms with van der Waals surface area (Å²) in [5.41, 5.74) is 1.20. The third-order valence-electron chi connectivity index (χ3n) is 5.89. The molecule has 1 heterocycles. The van der Waals surface area contributed by atoms with Crippen molar-refractivity contribution in [1.82, 2.24) is 0 Å². The smallest absolute Gasteiger partial charge is 0.121 e. The van der Waals surface area contributed by atoms with Crippen molar-refractivity contribution in [2.45, 2.75) is 31.8 Å². The molecule has 0 saturated heterocycles. The molecule has 0 unspecified atom stereocenters. The van der Waals surface area contributed by atoms with Gasteiger partial charge in [0.2, 0.25) is 0 Å². The van der Waals surface area contributed by atoms with Crippen molar-refractivity contribution < 1.29 is 0 Å². The maximum atomic E-state index is 4.79. The van der Waals surface area contributed by atoms with Gasteiger partial charge in [-0.05, 0) is 12.5 Å². The predicted octanol–water partition coefficient (Wildman–Crippen LogP) is 3.95. The van der Waals surface area contributed by atoms with Gasteiger partial charge in [-0.3, -0.25) is 0 Å². The van der Waals surface area contributed by atoms with E-state index in [2.05, 4.69) is 63.3 Å². The summed E-state index contributed by atoms with van der Waals surface area (Å²) in [4.78, 5) is 0. The van der Waals surface area contributed by atoms with Crippen LogP contribution >= 0.6 is 0 Å². The first-order chi connectivity index (χ1) is 8.54. The fourth-order valence-electron chi connectivity index (χ4n) is 4.36. The zero-order valence-electron chi connectivity index (χ0n) is 11.1. The molecule has 1 aromatic rings. The van der Waals surface area contributed by atoms with Crippen LogP contribution in [-0.2, 0) is 5.54 Å². The zero-order chi connectivity index (χ0) is 12.6. The van der Waals surface area contributed by atoms with Gasteiger partial charge in [0, 0.05) is 17.3 Å². The second-order valence-electron chi connectivity index (χ2n) is 6.54. The van der Waals surface area contributed by atoms with Gasteiger partial charge in [-0.15, -0.1) is 0 Å². The molecular weight excluding hydrogens is 220 g/mol. The van der Waals surface area contributed by atoms with Crippen LogP contribution in [0, 0.1) is 17.3 Å². The number of fused-ring (bicyclic) bond motifs is 5. The highest BCUT2D eigenvalue weighted by Crippen LogP contribution is 2.73. The van der Waals surface area contributed by atoms with Crippen molar-refractivity contribution in [1.29, 1.82) is 0 Å². The van der Waals surface area contributed by atoms with Gasteiger partial charge in [-0.2, -0.15) is 10.2 Å². The van der Waals surface area contributed by atoms with E-state index in [9.17, 15) is 0 Å². The van der Waals surface area contributed by atoms with E-state index in [1.54, 1.807) is 0 Å². The molecule has 0 aromatic heterocycles. The lowest BCUT2D eigenvalue weighted by atomic mass is 9.64. The summed E-state index contributed by atoms with van der Waals surface area (Å²) < 4.78 is 0. The lowest BCUT2D eigenvalue weighted by molar-refractivity contribution is 0.171. The maximum Gasteiger partial charge on any atom is 0.121 e. The van der Waals surface area contributed by atoms with Crippen LogP contribution in [0.25, 0.3) is 0 Å². The van der Waals surface area contributed by atoms with E-state index in [4.69, 9.17) is 10.2 Å². The largest absolute Gasteiger partial charge is 0.185 e. The standard InChI is InChI=1S/C16H18N2/c1-14(2)15(3)12-9-10-13(12)16(14,18-17-15)11-7-5-4-6-8-11/h4-10,12-13H,1-3H3/t12-,13-,15+,16-/m0/s1. The van der Waals surface area contributed by atoms with E-state index >= 15 is 0 Å². The molecule has 1 aromatic carbocycles. The van der Waals surface area contributed by atoms with Crippen molar-refractivity contribution in [3.8, 4) is 0 Å². The lowest BCUT2D eigenvalue weighted by Gasteiger charge is -2.40. The highest BCUT2D eigenvalue weighted by atomic mass is 15.3. The molecule has 2 bridgehead atoms. The number of benzene rings is 1. The Morgan fingerprint density at radius 3 is 2.11 bits per heavy atom. The number of hydrogen-bond acceptors (Lipinski definition) is 2. The van der Waals surface area contributed by atoms with Crippen LogP contribution in [0.15, 0.2) is 52.7 Å². The Kier molecular flexibility index (Phi) is 1.61. The van der Waals surface area contributed by atoms with Gasteiger partial charge in [0.1, 0.15) is 5.54 Å². The Bertz CT molecular complexity index is 572. The van der Waals surface area contributed by atoms with E-state index in [1.165, 1.54) is 5.56 Å². The summed E-state index contributed by atoms with van der Waals surface area (Å²) in [5.74, 6) is 1.09. The first-order valence-electron chi connectivity index (χ1n) is 6.72. The monoisotopic (exact) mass is 238 g/mol. The van der Waals surface area contributed by atoms with E-state index in [-0.39, 0.29) is 16.5 Å². The van der Waals surface area contributed by atoms with Crippen molar-refractivity contribution in [2.75, 3.05) is 0 Å². The van der Waals surface area contributed by atoms with Crippen LogP contribution in [-0.4, -0.2) is 5.54 Å². The van der Waals surface area contributed by atoms with E-state index < -0.39 is 0 Å². The Hall–Kier alpha value is -1.44. The third kappa shape index (κ3) is 0.781. The third-order valence-corrected chi connectivity index (χ3v) is 5.89. The van der Waals surface area contributed by atoms with Crippen molar-refractivity contribution in [2.24, 2.45) is 27.5 Å². The normalized spacial score (nSPS) is 45.9. The van der Waals surface area contributed by atoms with Crippen molar-refractivity contribution in [3.05, 3.63) is 48.0 Å². The lowest BCUT2D eigenvalue weighted by Crippen LogP contribution is -2.43. The van der Waals surface area contributed by atoms with Gasteiger partial charge in [0.25, 0.3) is 0 Å². The summed E-state index contributed by atoms with van der Waals surface area (Å²) in [6.45, 7) is 6.94. The van der Waals surface area contributed by atoms with Crippen LogP contribution in [0.3, 0.4) is 0 Å². The fourth-order valence-corrected chi connectivity index (χ4v) is 4.36. The van der Waals surface area contributed by atoms with Crippen LogP contribution in [0.2, 0.25) is 0 Å². The zero-order valence-corrected chi connectivity index (χ0v) is 11.1. The fraction of sp³-hybridized carbons (Fsp3) is 0.500. The molecule has 3 aliphatic rings. The summed E-state index contributed by atoms with van der Waals surface area (Å²) >= 11 is 0. The van der Waals surface area contributed by atoms with Gasteiger partial charge in [-0.25, -0.2) is 0 Å². The number of azo groups is 1. The predicted molar refractivity (Wildman–Crippen MR) is 71.3 cm³/mol. The van der Waals surface area contributed by atoms with Gasteiger partial charge in [0.05, 0.1) is 5.54 Å². The minimum absolute atomic E-state index is 0.0394. The van der Waals surface area contributed by atoms with Gasteiger partial charge < -0.3 is 0 Å². The number of rotatable bonds is 1. The van der Waals surface area contributed by atoms with Crippen LogP contribution < -0.4 is 0 Å². The highest BCUT2D eigenvalue weighted by molar-refractivity contribution is 5.45. The summed E-state index contributed by atoms with van der Waals surface area (Å²) in [6, 6.07) is 10.7. The molecule has 2 heteroatoms. The Morgan fingerprint density at radius 1 is 0.889 bits per heavy atom. The molecule has 1 aliphatic heterocycles. The Morgan fingerprint density at radius 2 is 1.56 bits per heavy atom. The Balaban J connectivity index is 2.00. The molecule has 92 valence electrons. The SMILES string of the molecule is CC1(C)[C@]2(C)N=N[C@@]1(c1ccccc1)[C@H]1C=C[C@@H]12. The molecule has 0 radical (unpaired) electrons. The van der Waals surface area contributed by atoms with E-state index in [0.29, 0.717) is 11.8 Å². The molecule has 2 nitrogen and oxygen atoms in total. The summed E-state index contributed by atoms with van der Waals surface area (Å²) in [6.07, 6.45) is 4.66. The molecular formula is C16H18N2.